The molecule has 0 unspecified atom stereocenters. The van der Waals surface area contributed by atoms with Crippen LogP contribution < -0.4 is 10.1 Å². The lowest BCUT2D eigenvalue weighted by Gasteiger charge is -2.08. The van der Waals surface area contributed by atoms with Gasteiger partial charge in [-0.3, -0.25) is 5.10 Å². The second-order valence-corrected chi connectivity index (χ2v) is 7.80. The topological polar surface area (TPSA) is 93.5 Å². The molecule has 160 valence electrons. The van der Waals surface area contributed by atoms with Crippen molar-refractivity contribution in [3.63, 3.8) is 0 Å². The molecule has 0 aliphatic carbocycles. The summed E-state index contributed by atoms with van der Waals surface area (Å²) in [7, 11) is 2.01. The highest BCUT2D eigenvalue weighted by Crippen LogP contribution is 2.22. The van der Waals surface area contributed by atoms with Crippen molar-refractivity contribution in [3.8, 4) is 11.8 Å². The lowest BCUT2D eigenvalue weighted by molar-refractivity contribution is 0.441. The minimum absolute atomic E-state index is 0.256. The second-order valence-electron chi connectivity index (χ2n) is 7.36. The van der Waals surface area contributed by atoms with Crippen LogP contribution in [0, 0.1) is 0 Å². The molecule has 0 spiro atoms. The molecule has 3 aromatic heterocycles. The van der Waals surface area contributed by atoms with Crippen LogP contribution in [0.1, 0.15) is 16.8 Å². The van der Waals surface area contributed by atoms with E-state index in [1.165, 1.54) is 18.0 Å². The molecule has 0 bridgehead atoms. The third kappa shape index (κ3) is 4.40. The third-order valence-corrected chi connectivity index (χ3v) is 5.27. The van der Waals surface area contributed by atoms with E-state index in [9.17, 15) is 0 Å². The van der Waals surface area contributed by atoms with E-state index in [2.05, 4.69) is 48.2 Å². The highest BCUT2D eigenvalue weighted by molar-refractivity contribution is 6.30. The molecule has 32 heavy (non-hydrogen) atoms. The van der Waals surface area contributed by atoms with Crippen molar-refractivity contribution < 1.29 is 4.74 Å². The minimum atomic E-state index is 0.256. The first-order valence-corrected chi connectivity index (χ1v) is 10.4. The molecule has 9 heteroatoms. The summed E-state index contributed by atoms with van der Waals surface area (Å²) in [5.41, 5.74) is 5.42. The van der Waals surface area contributed by atoms with Gasteiger partial charge in [-0.25, -0.2) is 15.0 Å². The van der Waals surface area contributed by atoms with Gasteiger partial charge in [0.15, 0.2) is 0 Å². The predicted molar refractivity (Wildman–Crippen MR) is 123 cm³/mol. The number of aryl methyl sites for hydroxylation is 1. The molecule has 2 aromatic carbocycles. The molecular weight excluding hydrogens is 426 g/mol. The highest BCUT2D eigenvalue weighted by atomic mass is 35.5. The van der Waals surface area contributed by atoms with E-state index >= 15 is 0 Å². The number of benzene rings is 2. The first kappa shape index (κ1) is 20.0. The first-order valence-electron chi connectivity index (χ1n) is 10.1. The first-order chi connectivity index (χ1) is 15.6. The fraction of sp³-hybridized carbons (Fsp3) is 0.130. The molecular formula is C23H20ClN7O. The summed E-state index contributed by atoms with van der Waals surface area (Å²) in [4.78, 5) is 12.8. The Morgan fingerprint density at radius 2 is 1.81 bits per heavy atom. The zero-order valence-electron chi connectivity index (χ0n) is 17.3. The van der Waals surface area contributed by atoms with Gasteiger partial charge in [0, 0.05) is 31.9 Å². The molecule has 0 saturated carbocycles. The van der Waals surface area contributed by atoms with Crippen LogP contribution in [-0.2, 0) is 20.0 Å². The Labute approximate surface area is 189 Å². The van der Waals surface area contributed by atoms with E-state index in [4.69, 9.17) is 21.3 Å². The van der Waals surface area contributed by atoms with Crippen LogP contribution in [0.2, 0.25) is 5.02 Å². The van der Waals surface area contributed by atoms with Crippen LogP contribution in [0.15, 0.2) is 67.1 Å². The van der Waals surface area contributed by atoms with Gasteiger partial charge in [-0.1, -0.05) is 29.8 Å². The quantitative estimate of drug-likeness (QED) is 0.376. The monoisotopic (exact) mass is 445 g/mol. The Bertz CT molecular complexity index is 1330. The van der Waals surface area contributed by atoms with E-state index in [1.54, 1.807) is 6.20 Å². The molecule has 8 nitrogen and oxygen atoms in total. The molecule has 0 atom stereocenters. The fourth-order valence-corrected chi connectivity index (χ4v) is 3.52. The predicted octanol–water partition coefficient (Wildman–Crippen LogP) is 4.74. The van der Waals surface area contributed by atoms with Gasteiger partial charge in [0.1, 0.15) is 5.75 Å². The van der Waals surface area contributed by atoms with E-state index < -0.39 is 0 Å². The maximum Gasteiger partial charge on any atom is 0.321 e. The normalized spacial score (nSPS) is 11.1. The van der Waals surface area contributed by atoms with E-state index in [0.717, 1.165) is 34.7 Å². The molecule has 5 rings (SSSR count). The summed E-state index contributed by atoms with van der Waals surface area (Å²) < 4.78 is 7.71. The molecule has 2 N–H and O–H groups in total. The van der Waals surface area contributed by atoms with Crippen LogP contribution >= 0.6 is 11.6 Å². The SMILES string of the molecule is Cn1c(NCc2ccc(Oc3ncc(Cl)cn3)cc2)nc2ccc(Cc3ccn[nH]3)cc21. The Morgan fingerprint density at radius 3 is 2.56 bits per heavy atom. The number of aromatic amines is 1. The van der Waals surface area contributed by atoms with Crippen molar-refractivity contribution in [2.75, 3.05) is 5.32 Å². The number of fused-ring (bicyclic) bond motifs is 1. The number of H-pyrrole nitrogens is 1. The Balaban J connectivity index is 1.25. The number of rotatable bonds is 7. The third-order valence-electron chi connectivity index (χ3n) is 5.08. The largest absolute Gasteiger partial charge is 0.424 e. The molecule has 0 aliphatic rings. The summed E-state index contributed by atoms with van der Waals surface area (Å²) in [5, 5.41) is 10.9. The van der Waals surface area contributed by atoms with Gasteiger partial charge in [-0.2, -0.15) is 5.10 Å². The average molecular weight is 446 g/mol. The Hall–Kier alpha value is -3.91. The summed E-state index contributed by atoms with van der Waals surface area (Å²) in [5.74, 6) is 1.47. The van der Waals surface area contributed by atoms with Crippen molar-refractivity contribution in [2.24, 2.45) is 7.05 Å². The number of nitrogens with zero attached hydrogens (tertiary/aromatic N) is 5. The van der Waals surface area contributed by atoms with Crippen LogP contribution in [0.25, 0.3) is 11.0 Å². The van der Waals surface area contributed by atoms with Crippen molar-refractivity contribution in [2.45, 2.75) is 13.0 Å². The molecule has 0 aliphatic heterocycles. The number of hydrogen-bond acceptors (Lipinski definition) is 6. The molecule has 0 amide bonds. The number of nitrogens with one attached hydrogen (secondary N) is 2. The van der Waals surface area contributed by atoms with Crippen LogP contribution in [0.5, 0.6) is 11.8 Å². The van der Waals surface area contributed by atoms with Gasteiger partial charge in [-0.15, -0.1) is 0 Å². The molecule has 3 heterocycles. The van der Waals surface area contributed by atoms with E-state index in [0.29, 0.717) is 17.3 Å². The van der Waals surface area contributed by atoms with Crippen LogP contribution in [0.4, 0.5) is 5.95 Å². The van der Waals surface area contributed by atoms with Crippen LogP contribution in [0.3, 0.4) is 0 Å². The minimum Gasteiger partial charge on any atom is -0.424 e. The van der Waals surface area contributed by atoms with Crippen molar-refractivity contribution in [3.05, 3.63) is 89.0 Å². The molecule has 0 fully saturated rings. The zero-order chi connectivity index (χ0) is 21.9. The zero-order valence-corrected chi connectivity index (χ0v) is 18.0. The highest BCUT2D eigenvalue weighted by Gasteiger charge is 2.09. The Morgan fingerprint density at radius 1 is 1.03 bits per heavy atom. The second kappa shape index (κ2) is 8.68. The number of hydrogen-bond donors (Lipinski definition) is 2. The summed E-state index contributed by atoms with van der Waals surface area (Å²) in [6.45, 7) is 0.635. The van der Waals surface area contributed by atoms with Gasteiger partial charge < -0.3 is 14.6 Å². The Kier molecular flexibility index (Phi) is 5.43. The summed E-state index contributed by atoms with van der Waals surface area (Å²) in [6, 6.07) is 16.3. The molecule has 0 radical (unpaired) electrons. The smallest absolute Gasteiger partial charge is 0.321 e. The number of ether oxygens (including phenoxy) is 1. The lowest BCUT2D eigenvalue weighted by atomic mass is 10.1. The lowest BCUT2D eigenvalue weighted by Crippen LogP contribution is -2.05. The van der Waals surface area contributed by atoms with Gasteiger partial charge in [0.05, 0.1) is 28.4 Å². The average Bonchev–Trinajstić information content (AvgIpc) is 3.43. The summed E-state index contributed by atoms with van der Waals surface area (Å²) >= 11 is 5.80. The maximum atomic E-state index is 5.80. The van der Waals surface area contributed by atoms with Crippen molar-refractivity contribution in [1.82, 2.24) is 29.7 Å². The van der Waals surface area contributed by atoms with Crippen molar-refractivity contribution >= 4 is 28.6 Å². The van der Waals surface area contributed by atoms with E-state index in [1.807, 2.05) is 37.4 Å². The van der Waals surface area contributed by atoms with E-state index in [-0.39, 0.29) is 6.01 Å². The summed E-state index contributed by atoms with van der Waals surface area (Å²) in [6.07, 6.45) is 5.57. The standard InChI is InChI=1S/C23H20ClN7O/c1-31-21-11-16(10-18-8-9-28-30-18)4-7-20(21)29-22(31)25-12-15-2-5-19(6-3-15)32-23-26-13-17(24)14-27-23/h2-9,11,13-14H,10,12H2,1H3,(H,25,29)(H,28,30). The van der Waals surface area contributed by atoms with Gasteiger partial charge in [0.25, 0.3) is 0 Å². The number of aromatic nitrogens is 6. The van der Waals surface area contributed by atoms with Gasteiger partial charge in [0.2, 0.25) is 5.95 Å². The van der Waals surface area contributed by atoms with Gasteiger partial charge >= 0.3 is 6.01 Å². The number of imidazole rings is 1. The fourth-order valence-electron chi connectivity index (χ4n) is 3.42. The molecule has 5 aromatic rings. The van der Waals surface area contributed by atoms with Gasteiger partial charge in [-0.05, 0) is 41.5 Å². The molecule has 0 saturated heterocycles. The van der Waals surface area contributed by atoms with Crippen molar-refractivity contribution in [1.29, 1.82) is 0 Å². The number of anilines is 1. The maximum absolute atomic E-state index is 5.80. The van der Waals surface area contributed by atoms with Crippen LogP contribution in [-0.4, -0.2) is 29.7 Å². The number of halogens is 1.